The van der Waals surface area contributed by atoms with Gasteiger partial charge in [0.05, 0.1) is 0 Å². The topological polar surface area (TPSA) is 17.1 Å². The van der Waals surface area contributed by atoms with Gasteiger partial charge in [-0.05, 0) is 30.9 Å². The second-order valence-corrected chi connectivity index (χ2v) is 3.19. The zero-order chi connectivity index (χ0) is 8.81. The van der Waals surface area contributed by atoms with Crippen LogP contribution >= 0.6 is 0 Å². The van der Waals surface area contributed by atoms with Crippen LogP contribution < -0.4 is 0 Å². The van der Waals surface area contributed by atoms with Crippen LogP contribution in [0.2, 0.25) is 0 Å². The Morgan fingerprint density at radius 1 is 1.42 bits per heavy atom. The molecule has 0 N–H and O–H groups in total. The molecule has 12 heavy (non-hydrogen) atoms. The summed E-state index contributed by atoms with van der Waals surface area (Å²) in [6.45, 7) is 2.18. The summed E-state index contributed by atoms with van der Waals surface area (Å²) < 4.78 is 0. The first-order valence-corrected chi connectivity index (χ1v) is 4.74. The van der Waals surface area contributed by atoms with Gasteiger partial charge in [-0.25, -0.2) is 0 Å². The van der Waals surface area contributed by atoms with Crippen molar-refractivity contribution >= 4 is 5.78 Å². The molecule has 0 aromatic rings. The van der Waals surface area contributed by atoms with E-state index in [0.717, 1.165) is 24.8 Å². The summed E-state index contributed by atoms with van der Waals surface area (Å²) in [5.41, 5.74) is 1.02. The summed E-state index contributed by atoms with van der Waals surface area (Å²) in [6, 6.07) is 0. The third-order valence-electron chi connectivity index (χ3n) is 2.14. The Bertz CT molecular complexity index is 211. The quantitative estimate of drug-likeness (QED) is 0.584. The first-order valence-electron chi connectivity index (χ1n) is 4.74. The molecular weight excluding hydrogens is 148 g/mol. The van der Waals surface area contributed by atoms with Crippen LogP contribution in [-0.4, -0.2) is 5.78 Å². The molecule has 0 unspecified atom stereocenters. The molecular formula is C11H16O. The number of unbranched alkanes of at least 4 members (excludes halogenated alkanes) is 2. The monoisotopic (exact) mass is 164 g/mol. The summed E-state index contributed by atoms with van der Waals surface area (Å²) in [4.78, 5) is 11.2. The van der Waals surface area contributed by atoms with E-state index in [1.54, 1.807) is 6.08 Å². The van der Waals surface area contributed by atoms with Crippen molar-refractivity contribution in [2.45, 2.75) is 39.0 Å². The van der Waals surface area contributed by atoms with E-state index in [2.05, 4.69) is 13.0 Å². The van der Waals surface area contributed by atoms with E-state index in [1.165, 1.54) is 12.8 Å². The minimum absolute atomic E-state index is 0.220. The fourth-order valence-corrected chi connectivity index (χ4v) is 1.38. The van der Waals surface area contributed by atoms with Crippen molar-refractivity contribution in [1.82, 2.24) is 0 Å². The number of allylic oxidation sites excluding steroid dienone is 4. The Morgan fingerprint density at radius 2 is 2.25 bits per heavy atom. The molecule has 66 valence electrons. The van der Waals surface area contributed by atoms with Crippen molar-refractivity contribution in [2.75, 3.05) is 0 Å². The van der Waals surface area contributed by atoms with Gasteiger partial charge in [0.25, 0.3) is 0 Å². The highest BCUT2D eigenvalue weighted by molar-refractivity contribution is 6.04. The molecule has 0 amide bonds. The molecule has 0 aliphatic heterocycles. The van der Waals surface area contributed by atoms with Crippen LogP contribution in [0.15, 0.2) is 23.8 Å². The highest BCUT2D eigenvalue weighted by atomic mass is 16.1. The molecule has 1 rings (SSSR count). The lowest BCUT2D eigenvalue weighted by molar-refractivity contribution is -0.111. The van der Waals surface area contributed by atoms with Gasteiger partial charge in [0, 0.05) is 0 Å². The Kier molecular flexibility index (Phi) is 3.78. The van der Waals surface area contributed by atoms with E-state index in [9.17, 15) is 4.79 Å². The number of carbonyl (C=O) groups excluding carboxylic acids is 1. The maximum absolute atomic E-state index is 11.2. The minimum atomic E-state index is 0.220. The maximum Gasteiger partial charge on any atom is 0.181 e. The van der Waals surface area contributed by atoms with Gasteiger partial charge < -0.3 is 0 Å². The fourth-order valence-electron chi connectivity index (χ4n) is 1.38. The van der Waals surface area contributed by atoms with Crippen LogP contribution in [0.5, 0.6) is 0 Å². The van der Waals surface area contributed by atoms with Gasteiger partial charge in [-0.3, -0.25) is 4.79 Å². The standard InChI is InChI=1S/C11H16O/c1-2-3-4-7-10-8-5-6-9-11(10)12/h6,8-9H,2-5,7H2,1H3. The SMILES string of the molecule is CCCCCC1=CCC=CC1=O. The molecule has 1 aliphatic rings. The maximum atomic E-state index is 11.2. The summed E-state index contributed by atoms with van der Waals surface area (Å²) in [5, 5.41) is 0. The average Bonchev–Trinajstić information content (AvgIpc) is 2.09. The molecule has 1 nitrogen and oxygen atoms in total. The van der Waals surface area contributed by atoms with Crippen molar-refractivity contribution < 1.29 is 4.79 Å². The average molecular weight is 164 g/mol. The highest BCUT2D eigenvalue weighted by Crippen LogP contribution is 2.14. The third-order valence-corrected chi connectivity index (χ3v) is 2.14. The molecule has 0 saturated carbocycles. The third kappa shape index (κ3) is 2.65. The largest absolute Gasteiger partial charge is 0.290 e. The summed E-state index contributed by atoms with van der Waals surface area (Å²) in [7, 11) is 0. The van der Waals surface area contributed by atoms with Crippen molar-refractivity contribution in [3.63, 3.8) is 0 Å². The second kappa shape index (κ2) is 4.91. The van der Waals surface area contributed by atoms with Crippen molar-refractivity contribution in [1.29, 1.82) is 0 Å². The van der Waals surface area contributed by atoms with Crippen molar-refractivity contribution in [3.8, 4) is 0 Å². The van der Waals surface area contributed by atoms with E-state index in [1.807, 2.05) is 6.08 Å². The number of hydrogen-bond donors (Lipinski definition) is 0. The van der Waals surface area contributed by atoms with Crippen molar-refractivity contribution in [2.24, 2.45) is 0 Å². The van der Waals surface area contributed by atoms with E-state index in [0.29, 0.717) is 0 Å². The van der Waals surface area contributed by atoms with Crippen LogP contribution in [0.1, 0.15) is 39.0 Å². The fraction of sp³-hybridized carbons (Fsp3) is 0.545. The number of hydrogen-bond acceptors (Lipinski definition) is 1. The molecule has 0 saturated heterocycles. The lowest BCUT2D eigenvalue weighted by Gasteiger charge is -2.05. The smallest absolute Gasteiger partial charge is 0.181 e. The molecule has 0 aromatic carbocycles. The van der Waals surface area contributed by atoms with Gasteiger partial charge in [0.15, 0.2) is 5.78 Å². The molecule has 0 radical (unpaired) electrons. The highest BCUT2D eigenvalue weighted by Gasteiger charge is 2.07. The predicted octanol–water partition coefficient (Wildman–Crippen LogP) is 3.02. The molecule has 0 aromatic heterocycles. The van der Waals surface area contributed by atoms with Crippen LogP contribution in [0.4, 0.5) is 0 Å². The zero-order valence-corrected chi connectivity index (χ0v) is 7.68. The van der Waals surface area contributed by atoms with Gasteiger partial charge in [-0.15, -0.1) is 0 Å². The van der Waals surface area contributed by atoms with Crippen LogP contribution in [0.3, 0.4) is 0 Å². The Labute approximate surface area is 74.2 Å². The molecule has 0 bridgehead atoms. The van der Waals surface area contributed by atoms with Crippen LogP contribution in [-0.2, 0) is 4.79 Å². The van der Waals surface area contributed by atoms with Crippen LogP contribution in [0, 0.1) is 0 Å². The lowest BCUT2D eigenvalue weighted by Crippen LogP contribution is -2.01. The Balaban J connectivity index is 2.31. The number of rotatable bonds is 4. The van der Waals surface area contributed by atoms with Gasteiger partial charge in [0.2, 0.25) is 0 Å². The molecule has 0 atom stereocenters. The van der Waals surface area contributed by atoms with Gasteiger partial charge in [0.1, 0.15) is 0 Å². The Morgan fingerprint density at radius 3 is 2.92 bits per heavy atom. The normalized spacial score (nSPS) is 16.4. The van der Waals surface area contributed by atoms with Gasteiger partial charge in [-0.2, -0.15) is 0 Å². The molecule has 0 spiro atoms. The van der Waals surface area contributed by atoms with Crippen LogP contribution in [0.25, 0.3) is 0 Å². The summed E-state index contributed by atoms with van der Waals surface area (Å²) >= 11 is 0. The second-order valence-electron chi connectivity index (χ2n) is 3.19. The van der Waals surface area contributed by atoms with E-state index in [-0.39, 0.29) is 5.78 Å². The van der Waals surface area contributed by atoms with Gasteiger partial charge in [-0.1, -0.05) is 31.9 Å². The van der Waals surface area contributed by atoms with E-state index in [4.69, 9.17) is 0 Å². The van der Waals surface area contributed by atoms with Crippen molar-refractivity contribution in [3.05, 3.63) is 23.8 Å². The molecule has 0 heterocycles. The predicted molar refractivity (Wildman–Crippen MR) is 51.0 cm³/mol. The summed E-state index contributed by atoms with van der Waals surface area (Å²) in [6.07, 6.45) is 11.2. The first-order chi connectivity index (χ1) is 5.84. The van der Waals surface area contributed by atoms with E-state index < -0.39 is 0 Å². The number of ketones is 1. The lowest BCUT2D eigenvalue weighted by atomic mass is 9.99. The number of carbonyl (C=O) groups is 1. The summed E-state index contributed by atoms with van der Waals surface area (Å²) in [5.74, 6) is 0.220. The zero-order valence-electron chi connectivity index (χ0n) is 7.68. The molecule has 0 fully saturated rings. The minimum Gasteiger partial charge on any atom is -0.290 e. The molecule has 1 aliphatic carbocycles. The Hall–Kier alpha value is -0.850. The van der Waals surface area contributed by atoms with E-state index >= 15 is 0 Å². The molecule has 1 heteroatoms. The first kappa shape index (κ1) is 9.24. The van der Waals surface area contributed by atoms with Gasteiger partial charge >= 0.3 is 0 Å².